The van der Waals surface area contributed by atoms with Gasteiger partial charge in [0.2, 0.25) is 5.91 Å². The molecule has 1 amide bonds. The van der Waals surface area contributed by atoms with Gasteiger partial charge in [-0.1, -0.05) is 42.5 Å². The molecule has 2 heterocycles. The van der Waals surface area contributed by atoms with E-state index in [4.69, 9.17) is 4.74 Å². The zero-order valence-corrected chi connectivity index (χ0v) is 16.3. The number of aromatic nitrogens is 1. The Labute approximate surface area is 167 Å². The Balaban J connectivity index is 1.49. The van der Waals surface area contributed by atoms with Crippen molar-refractivity contribution in [2.45, 2.75) is 13.0 Å². The molecule has 7 heteroatoms. The predicted octanol–water partition coefficient (Wildman–Crippen LogP) is 3.61. The number of amides is 1. The van der Waals surface area contributed by atoms with Gasteiger partial charge in [-0.25, -0.2) is 10.4 Å². The lowest BCUT2D eigenvalue weighted by molar-refractivity contribution is -0.119. The molecular formula is C21H22N4O2S. The molecule has 0 aliphatic carbocycles. The average Bonchev–Trinajstić information content (AvgIpc) is 3.39. The van der Waals surface area contributed by atoms with Gasteiger partial charge in [0.1, 0.15) is 5.75 Å². The molecule has 28 heavy (non-hydrogen) atoms. The van der Waals surface area contributed by atoms with E-state index in [1.165, 1.54) is 11.3 Å². The van der Waals surface area contributed by atoms with Crippen molar-refractivity contribution in [3.8, 4) is 17.0 Å². The number of thiazole rings is 1. The number of benzene rings is 2. The highest BCUT2D eigenvalue weighted by atomic mass is 32.1. The van der Waals surface area contributed by atoms with Crippen LogP contribution in [0.25, 0.3) is 11.3 Å². The van der Waals surface area contributed by atoms with E-state index in [2.05, 4.69) is 21.2 Å². The molecule has 144 valence electrons. The summed E-state index contributed by atoms with van der Waals surface area (Å²) in [4.78, 5) is 17.5. The van der Waals surface area contributed by atoms with E-state index in [-0.39, 0.29) is 17.9 Å². The van der Waals surface area contributed by atoms with Crippen LogP contribution in [-0.2, 0) is 4.79 Å². The maximum Gasteiger partial charge on any atom is 0.232 e. The second-order valence-electron chi connectivity index (χ2n) is 6.48. The minimum absolute atomic E-state index is 0.0506. The minimum atomic E-state index is -0.217. The van der Waals surface area contributed by atoms with Crippen LogP contribution in [0.15, 0.2) is 60.0 Å². The van der Waals surface area contributed by atoms with Crippen molar-refractivity contribution in [1.82, 2.24) is 15.8 Å². The van der Waals surface area contributed by atoms with Gasteiger partial charge in [-0.3, -0.25) is 10.2 Å². The maximum absolute atomic E-state index is 12.9. The highest BCUT2D eigenvalue weighted by Crippen LogP contribution is 2.33. The van der Waals surface area contributed by atoms with Crippen LogP contribution in [0.4, 0.5) is 5.13 Å². The van der Waals surface area contributed by atoms with Crippen molar-refractivity contribution in [3.63, 3.8) is 0 Å². The van der Waals surface area contributed by atoms with Crippen LogP contribution in [0.3, 0.4) is 0 Å². The quantitative estimate of drug-likeness (QED) is 0.595. The fourth-order valence-electron chi connectivity index (χ4n) is 3.33. The Morgan fingerprint density at radius 2 is 2.00 bits per heavy atom. The molecule has 6 nitrogen and oxygen atoms in total. The van der Waals surface area contributed by atoms with Gasteiger partial charge in [0, 0.05) is 17.5 Å². The van der Waals surface area contributed by atoms with Crippen molar-refractivity contribution in [2.24, 2.45) is 5.92 Å². The van der Waals surface area contributed by atoms with E-state index in [0.29, 0.717) is 18.3 Å². The first-order chi connectivity index (χ1) is 13.8. The van der Waals surface area contributed by atoms with E-state index in [9.17, 15) is 4.79 Å². The van der Waals surface area contributed by atoms with Crippen molar-refractivity contribution >= 4 is 22.4 Å². The van der Waals surface area contributed by atoms with Crippen molar-refractivity contribution < 1.29 is 9.53 Å². The number of para-hydroxylation sites is 1. The molecule has 4 rings (SSSR count). The number of hydrazine groups is 1. The van der Waals surface area contributed by atoms with Gasteiger partial charge < -0.3 is 10.1 Å². The van der Waals surface area contributed by atoms with Crippen molar-refractivity contribution in [3.05, 3.63) is 65.5 Å². The second kappa shape index (κ2) is 8.52. The smallest absolute Gasteiger partial charge is 0.232 e. The summed E-state index contributed by atoms with van der Waals surface area (Å²) >= 11 is 1.42. The van der Waals surface area contributed by atoms with Crippen LogP contribution < -0.4 is 20.9 Å². The molecule has 1 saturated heterocycles. The molecule has 2 aromatic carbocycles. The highest BCUT2D eigenvalue weighted by Gasteiger charge is 2.34. The number of rotatable bonds is 6. The minimum Gasteiger partial charge on any atom is -0.493 e. The van der Waals surface area contributed by atoms with E-state index >= 15 is 0 Å². The summed E-state index contributed by atoms with van der Waals surface area (Å²) in [6.07, 6.45) is 0. The molecule has 1 fully saturated rings. The number of anilines is 1. The number of carbonyl (C=O) groups is 1. The molecule has 0 bridgehead atoms. The largest absolute Gasteiger partial charge is 0.493 e. The fourth-order valence-corrected chi connectivity index (χ4v) is 4.04. The van der Waals surface area contributed by atoms with E-state index in [1.807, 2.05) is 66.9 Å². The number of nitrogens with one attached hydrogen (secondary N) is 3. The van der Waals surface area contributed by atoms with Crippen LogP contribution in [-0.4, -0.2) is 24.0 Å². The zero-order chi connectivity index (χ0) is 19.3. The lowest BCUT2D eigenvalue weighted by Crippen LogP contribution is -2.29. The maximum atomic E-state index is 12.9. The summed E-state index contributed by atoms with van der Waals surface area (Å²) in [7, 11) is 0. The van der Waals surface area contributed by atoms with Gasteiger partial charge in [-0.15, -0.1) is 11.3 Å². The summed E-state index contributed by atoms with van der Waals surface area (Å²) in [6, 6.07) is 17.7. The summed E-state index contributed by atoms with van der Waals surface area (Å²) in [5, 5.41) is 5.50. The highest BCUT2D eigenvalue weighted by molar-refractivity contribution is 7.14. The SMILES string of the molecule is CCOc1ccccc1-c1csc(NC(=O)C2CNNC2c2ccccc2)n1. The monoisotopic (exact) mass is 394 g/mol. The molecule has 2 atom stereocenters. The van der Waals surface area contributed by atoms with E-state index in [0.717, 1.165) is 22.6 Å². The van der Waals surface area contributed by atoms with E-state index < -0.39 is 0 Å². The van der Waals surface area contributed by atoms with Crippen LogP contribution in [0.1, 0.15) is 18.5 Å². The lowest BCUT2D eigenvalue weighted by Gasteiger charge is -2.17. The summed E-state index contributed by atoms with van der Waals surface area (Å²) < 4.78 is 5.69. The first-order valence-corrected chi connectivity index (χ1v) is 10.2. The molecule has 3 N–H and O–H groups in total. The third-order valence-corrected chi connectivity index (χ3v) is 5.43. The normalized spacial score (nSPS) is 18.8. The molecular weight excluding hydrogens is 372 g/mol. The lowest BCUT2D eigenvalue weighted by atomic mass is 9.94. The second-order valence-corrected chi connectivity index (χ2v) is 7.33. The summed E-state index contributed by atoms with van der Waals surface area (Å²) in [5.74, 6) is 0.525. The third kappa shape index (κ3) is 3.91. The summed E-state index contributed by atoms with van der Waals surface area (Å²) in [5.41, 5.74) is 9.10. The number of ether oxygens (including phenoxy) is 1. The topological polar surface area (TPSA) is 75.3 Å². The molecule has 1 aliphatic rings. The number of nitrogens with zero attached hydrogens (tertiary/aromatic N) is 1. The molecule has 0 spiro atoms. The molecule has 0 saturated carbocycles. The molecule has 1 aromatic heterocycles. The summed E-state index contributed by atoms with van der Waals surface area (Å²) in [6.45, 7) is 3.11. The molecule has 0 radical (unpaired) electrons. The van der Waals surface area contributed by atoms with Gasteiger partial charge >= 0.3 is 0 Å². The fraction of sp³-hybridized carbons (Fsp3) is 0.238. The van der Waals surface area contributed by atoms with Crippen molar-refractivity contribution in [1.29, 1.82) is 0 Å². The van der Waals surface area contributed by atoms with Gasteiger partial charge in [0.05, 0.1) is 24.3 Å². The van der Waals surface area contributed by atoms with Crippen LogP contribution in [0, 0.1) is 5.92 Å². The standard InChI is InChI=1S/C21H22N4O2S/c1-2-27-18-11-7-6-10-15(18)17-13-28-21(23-17)24-20(26)16-12-22-25-19(16)14-8-4-3-5-9-14/h3-11,13,16,19,22,25H,2,12H2,1H3,(H,23,24,26). The number of carbonyl (C=O) groups excluding carboxylic acids is 1. The first kappa shape index (κ1) is 18.6. The Kier molecular flexibility index (Phi) is 5.66. The predicted molar refractivity (Wildman–Crippen MR) is 111 cm³/mol. The average molecular weight is 395 g/mol. The van der Waals surface area contributed by atoms with Gasteiger partial charge in [-0.2, -0.15) is 0 Å². The van der Waals surface area contributed by atoms with Crippen LogP contribution >= 0.6 is 11.3 Å². The van der Waals surface area contributed by atoms with Crippen LogP contribution in [0.2, 0.25) is 0 Å². The third-order valence-electron chi connectivity index (χ3n) is 4.67. The van der Waals surface area contributed by atoms with Crippen molar-refractivity contribution in [2.75, 3.05) is 18.5 Å². The number of hydrogen-bond donors (Lipinski definition) is 3. The Morgan fingerprint density at radius 1 is 1.21 bits per heavy atom. The zero-order valence-electron chi connectivity index (χ0n) is 15.5. The molecule has 1 aliphatic heterocycles. The number of hydrogen-bond acceptors (Lipinski definition) is 6. The molecule has 3 aromatic rings. The Morgan fingerprint density at radius 3 is 2.82 bits per heavy atom. The van der Waals surface area contributed by atoms with Gasteiger partial charge in [-0.05, 0) is 24.6 Å². The van der Waals surface area contributed by atoms with E-state index in [1.54, 1.807) is 0 Å². The Hall–Kier alpha value is -2.74. The Bertz CT molecular complexity index is 944. The van der Waals surface area contributed by atoms with Gasteiger partial charge in [0.15, 0.2) is 5.13 Å². The molecule has 2 unspecified atom stereocenters. The first-order valence-electron chi connectivity index (χ1n) is 9.28. The van der Waals surface area contributed by atoms with Gasteiger partial charge in [0.25, 0.3) is 0 Å². The van der Waals surface area contributed by atoms with Crippen LogP contribution in [0.5, 0.6) is 5.75 Å².